The summed E-state index contributed by atoms with van der Waals surface area (Å²) in [6.45, 7) is 8.11. The molecule has 2 aliphatic rings. The first-order chi connectivity index (χ1) is 8.80. The summed E-state index contributed by atoms with van der Waals surface area (Å²) in [5, 5.41) is 12.2. The van der Waals surface area contributed by atoms with Crippen molar-refractivity contribution in [1.29, 1.82) is 0 Å². The SMILES string of the molecule is CCC1CCC(NC(=O)C2C(C(=O)O)C2(C)C)C1C. The van der Waals surface area contributed by atoms with Crippen LogP contribution in [0.4, 0.5) is 0 Å². The van der Waals surface area contributed by atoms with Gasteiger partial charge in [0.1, 0.15) is 0 Å². The van der Waals surface area contributed by atoms with Gasteiger partial charge in [0.2, 0.25) is 5.91 Å². The van der Waals surface area contributed by atoms with Crippen LogP contribution in [0.3, 0.4) is 0 Å². The van der Waals surface area contributed by atoms with E-state index in [-0.39, 0.29) is 17.9 Å². The molecule has 0 aromatic heterocycles. The number of carbonyl (C=O) groups excluding carboxylic acids is 1. The monoisotopic (exact) mass is 267 g/mol. The van der Waals surface area contributed by atoms with Crippen LogP contribution in [0.15, 0.2) is 0 Å². The molecule has 19 heavy (non-hydrogen) atoms. The van der Waals surface area contributed by atoms with Crippen molar-refractivity contribution in [2.75, 3.05) is 0 Å². The molecule has 0 aromatic carbocycles. The van der Waals surface area contributed by atoms with Crippen LogP contribution in [0.25, 0.3) is 0 Å². The Hall–Kier alpha value is -1.06. The van der Waals surface area contributed by atoms with E-state index in [0.29, 0.717) is 11.8 Å². The van der Waals surface area contributed by atoms with Crippen LogP contribution in [-0.2, 0) is 9.59 Å². The first kappa shape index (κ1) is 14.4. The number of carboxylic acids is 1. The third-order valence-corrected chi connectivity index (χ3v) is 5.45. The molecule has 108 valence electrons. The highest BCUT2D eigenvalue weighted by Crippen LogP contribution is 2.58. The van der Waals surface area contributed by atoms with Gasteiger partial charge in [0.25, 0.3) is 0 Å². The highest BCUT2D eigenvalue weighted by molar-refractivity contribution is 5.91. The Balaban J connectivity index is 1.95. The predicted molar refractivity (Wildman–Crippen MR) is 72.5 cm³/mol. The van der Waals surface area contributed by atoms with Crippen LogP contribution in [0, 0.1) is 29.1 Å². The summed E-state index contributed by atoms with van der Waals surface area (Å²) in [4.78, 5) is 23.4. The minimum atomic E-state index is -0.851. The number of hydrogen-bond donors (Lipinski definition) is 2. The Labute approximate surface area is 115 Å². The maximum Gasteiger partial charge on any atom is 0.307 e. The maximum atomic E-state index is 12.3. The third-order valence-electron chi connectivity index (χ3n) is 5.45. The molecule has 5 atom stereocenters. The summed E-state index contributed by atoms with van der Waals surface area (Å²) >= 11 is 0. The Bertz CT molecular complexity index is 391. The average Bonchev–Trinajstić information content (AvgIpc) is 2.74. The summed E-state index contributed by atoms with van der Waals surface area (Å²) < 4.78 is 0. The van der Waals surface area contributed by atoms with Crippen molar-refractivity contribution >= 4 is 11.9 Å². The van der Waals surface area contributed by atoms with Crippen molar-refractivity contribution in [2.45, 2.75) is 53.0 Å². The molecule has 2 rings (SSSR count). The van der Waals surface area contributed by atoms with Crippen molar-refractivity contribution in [2.24, 2.45) is 29.1 Å². The van der Waals surface area contributed by atoms with Gasteiger partial charge in [0.05, 0.1) is 11.8 Å². The van der Waals surface area contributed by atoms with E-state index in [1.165, 1.54) is 6.42 Å². The Kier molecular flexibility index (Phi) is 3.63. The topological polar surface area (TPSA) is 66.4 Å². The lowest BCUT2D eigenvalue weighted by Gasteiger charge is -2.21. The minimum Gasteiger partial charge on any atom is -0.481 e. The zero-order valence-corrected chi connectivity index (χ0v) is 12.3. The normalized spacial score (nSPS) is 39.9. The largest absolute Gasteiger partial charge is 0.481 e. The van der Waals surface area contributed by atoms with Crippen LogP contribution in [0.1, 0.15) is 47.0 Å². The van der Waals surface area contributed by atoms with Crippen LogP contribution >= 0.6 is 0 Å². The second-order valence-corrected chi connectivity index (χ2v) is 6.83. The fraction of sp³-hybridized carbons (Fsp3) is 0.867. The highest BCUT2D eigenvalue weighted by Gasteiger charge is 2.66. The lowest BCUT2D eigenvalue weighted by atomic mass is 9.93. The molecule has 0 radical (unpaired) electrons. The van der Waals surface area contributed by atoms with Crippen molar-refractivity contribution < 1.29 is 14.7 Å². The molecule has 1 amide bonds. The fourth-order valence-corrected chi connectivity index (χ4v) is 3.89. The molecule has 0 heterocycles. The van der Waals surface area contributed by atoms with Gasteiger partial charge in [-0.25, -0.2) is 0 Å². The van der Waals surface area contributed by atoms with Gasteiger partial charge in [-0.2, -0.15) is 0 Å². The predicted octanol–water partition coefficient (Wildman–Crippen LogP) is 2.28. The van der Waals surface area contributed by atoms with E-state index < -0.39 is 17.3 Å². The number of carbonyl (C=O) groups is 2. The number of aliphatic carboxylic acids is 1. The van der Waals surface area contributed by atoms with Crippen LogP contribution < -0.4 is 5.32 Å². The summed E-state index contributed by atoms with van der Waals surface area (Å²) in [7, 11) is 0. The van der Waals surface area contributed by atoms with Gasteiger partial charge in [-0.15, -0.1) is 0 Å². The van der Waals surface area contributed by atoms with E-state index in [2.05, 4.69) is 19.2 Å². The van der Waals surface area contributed by atoms with Gasteiger partial charge in [-0.1, -0.05) is 34.1 Å². The van der Waals surface area contributed by atoms with Crippen molar-refractivity contribution in [3.05, 3.63) is 0 Å². The lowest BCUT2D eigenvalue weighted by Crippen LogP contribution is -2.39. The molecule has 2 saturated carbocycles. The first-order valence-electron chi connectivity index (χ1n) is 7.33. The highest BCUT2D eigenvalue weighted by atomic mass is 16.4. The molecular formula is C15H25NO3. The van der Waals surface area contributed by atoms with Gasteiger partial charge >= 0.3 is 5.97 Å². The third kappa shape index (κ3) is 2.37. The summed E-state index contributed by atoms with van der Waals surface area (Å²) in [5.41, 5.74) is -0.401. The molecule has 0 bridgehead atoms. The molecule has 0 aliphatic heterocycles. The van der Waals surface area contributed by atoms with E-state index in [0.717, 1.165) is 12.8 Å². The van der Waals surface area contributed by atoms with Crippen LogP contribution in [0.2, 0.25) is 0 Å². The first-order valence-corrected chi connectivity index (χ1v) is 7.33. The summed E-state index contributed by atoms with van der Waals surface area (Å²) in [5.74, 6) is -0.613. The van der Waals surface area contributed by atoms with E-state index in [9.17, 15) is 9.59 Å². The lowest BCUT2D eigenvalue weighted by molar-refractivity contribution is -0.140. The van der Waals surface area contributed by atoms with Gasteiger partial charge in [-0.05, 0) is 30.1 Å². The Morgan fingerprint density at radius 2 is 1.89 bits per heavy atom. The van der Waals surface area contributed by atoms with Gasteiger partial charge in [0.15, 0.2) is 0 Å². The van der Waals surface area contributed by atoms with E-state index in [1.54, 1.807) is 0 Å². The summed E-state index contributed by atoms with van der Waals surface area (Å²) in [6, 6.07) is 0.225. The Morgan fingerprint density at radius 3 is 2.32 bits per heavy atom. The molecular weight excluding hydrogens is 242 g/mol. The number of nitrogens with one attached hydrogen (secondary N) is 1. The van der Waals surface area contributed by atoms with E-state index >= 15 is 0 Å². The summed E-state index contributed by atoms with van der Waals surface area (Å²) in [6.07, 6.45) is 3.34. The molecule has 5 unspecified atom stereocenters. The number of amides is 1. The Morgan fingerprint density at radius 1 is 1.26 bits per heavy atom. The van der Waals surface area contributed by atoms with Crippen molar-refractivity contribution in [3.63, 3.8) is 0 Å². The van der Waals surface area contributed by atoms with Gasteiger partial charge < -0.3 is 10.4 Å². The second-order valence-electron chi connectivity index (χ2n) is 6.83. The number of hydrogen-bond acceptors (Lipinski definition) is 2. The molecule has 0 aromatic rings. The number of rotatable bonds is 4. The zero-order chi connectivity index (χ0) is 14.4. The second kappa shape index (κ2) is 4.80. The molecule has 0 spiro atoms. The zero-order valence-electron chi connectivity index (χ0n) is 12.3. The van der Waals surface area contributed by atoms with Gasteiger partial charge in [0, 0.05) is 6.04 Å². The standard InChI is InChI=1S/C15H25NO3/c1-5-9-6-7-10(8(9)2)16-13(17)11-12(14(18)19)15(11,3)4/h8-12H,5-7H2,1-4H3,(H,16,17)(H,18,19). The number of carboxylic acid groups (broad SMARTS) is 1. The van der Waals surface area contributed by atoms with Gasteiger partial charge in [-0.3, -0.25) is 9.59 Å². The molecule has 0 saturated heterocycles. The molecule has 2 N–H and O–H groups in total. The quantitative estimate of drug-likeness (QED) is 0.821. The van der Waals surface area contributed by atoms with Crippen LogP contribution in [-0.4, -0.2) is 23.0 Å². The van der Waals surface area contributed by atoms with Crippen molar-refractivity contribution in [1.82, 2.24) is 5.32 Å². The maximum absolute atomic E-state index is 12.3. The molecule has 2 fully saturated rings. The smallest absolute Gasteiger partial charge is 0.307 e. The molecule has 4 heteroatoms. The molecule has 2 aliphatic carbocycles. The minimum absolute atomic E-state index is 0.0639. The van der Waals surface area contributed by atoms with Crippen molar-refractivity contribution in [3.8, 4) is 0 Å². The van der Waals surface area contributed by atoms with E-state index in [4.69, 9.17) is 5.11 Å². The average molecular weight is 267 g/mol. The fourth-order valence-electron chi connectivity index (χ4n) is 3.89. The molecule has 4 nitrogen and oxygen atoms in total. The van der Waals surface area contributed by atoms with Crippen LogP contribution in [0.5, 0.6) is 0 Å². The van der Waals surface area contributed by atoms with E-state index in [1.807, 2.05) is 13.8 Å².